The molecule has 106 valence electrons. The van der Waals surface area contributed by atoms with Gasteiger partial charge >= 0.3 is 0 Å². The molecule has 3 rings (SSSR count). The highest BCUT2D eigenvalue weighted by molar-refractivity contribution is 5.93. The van der Waals surface area contributed by atoms with E-state index in [2.05, 4.69) is 27.4 Å². The minimum absolute atomic E-state index is 0.118. The van der Waals surface area contributed by atoms with E-state index in [0.717, 1.165) is 17.5 Å². The number of aromatic amines is 1. The Hall–Kier alpha value is -2.62. The van der Waals surface area contributed by atoms with Gasteiger partial charge in [0.15, 0.2) is 0 Å². The lowest BCUT2D eigenvalue weighted by atomic mass is 10.1. The first-order valence-electron chi connectivity index (χ1n) is 7.00. The standard InChI is InChI=1S/C17H17N3O/c1-12-5-4-9-18-16(12)17(21)19-10-8-13-11-20-15-7-3-2-6-14(13)15/h2-7,9,11,20H,8,10H2,1H3,(H,19,21). The van der Waals surface area contributed by atoms with Crippen LogP contribution in [0, 0.1) is 6.92 Å². The van der Waals surface area contributed by atoms with Crippen molar-refractivity contribution in [3.63, 3.8) is 0 Å². The van der Waals surface area contributed by atoms with Crippen LogP contribution in [0.25, 0.3) is 10.9 Å². The lowest BCUT2D eigenvalue weighted by Crippen LogP contribution is -2.27. The summed E-state index contributed by atoms with van der Waals surface area (Å²) in [6.07, 6.45) is 4.44. The quantitative estimate of drug-likeness (QED) is 0.771. The summed E-state index contributed by atoms with van der Waals surface area (Å²) >= 11 is 0. The molecule has 2 N–H and O–H groups in total. The molecule has 0 unspecified atom stereocenters. The van der Waals surface area contributed by atoms with Gasteiger partial charge in [-0.15, -0.1) is 0 Å². The highest BCUT2D eigenvalue weighted by Gasteiger charge is 2.09. The number of nitrogens with one attached hydrogen (secondary N) is 2. The van der Waals surface area contributed by atoms with Gasteiger partial charge in [-0.1, -0.05) is 24.3 Å². The van der Waals surface area contributed by atoms with E-state index >= 15 is 0 Å². The maximum atomic E-state index is 12.1. The predicted octanol–water partition coefficient (Wildman–Crippen LogP) is 2.84. The highest BCUT2D eigenvalue weighted by atomic mass is 16.1. The Kier molecular flexibility index (Phi) is 3.69. The average Bonchev–Trinajstić information content (AvgIpc) is 2.91. The molecule has 4 heteroatoms. The monoisotopic (exact) mass is 279 g/mol. The van der Waals surface area contributed by atoms with Crippen LogP contribution in [-0.4, -0.2) is 22.4 Å². The molecule has 4 nitrogen and oxygen atoms in total. The number of para-hydroxylation sites is 1. The number of carbonyl (C=O) groups is 1. The Morgan fingerprint density at radius 2 is 2.10 bits per heavy atom. The van der Waals surface area contributed by atoms with E-state index in [1.54, 1.807) is 6.20 Å². The first-order chi connectivity index (χ1) is 10.3. The van der Waals surface area contributed by atoms with Crippen molar-refractivity contribution in [2.75, 3.05) is 6.54 Å². The molecular weight excluding hydrogens is 262 g/mol. The second kappa shape index (κ2) is 5.79. The molecule has 2 aromatic heterocycles. The van der Waals surface area contributed by atoms with Crippen molar-refractivity contribution >= 4 is 16.8 Å². The van der Waals surface area contributed by atoms with Crippen molar-refractivity contribution < 1.29 is 4.79 Å². The average molecular weight is 279 g/mol. The number of aryl methyl sites for hydroxylation is 1. The van der Waals surface area contributed by atoms with Gasteiger partial charge in [-0.05, 0) is 36.6 Å². The molecule has 0 aliphatic rings. The summed E-state index contributed by atoms with van der Waals surface area (Å²) in [5.74, 6) is -0.118. The first kappa shape index (κ1) is 13.4. The Labute approximate surface area is 123 Å². The first-order valence-corrected chi connectivity index (χ1v) is 7.00. The fourth-order valence-electron chi connectivity index (χ4n) is 2.46. The maximum Gasteiger partial charge on any atom is 0.270 e. The van der Waals surface area contributed by atoms with Crippen molar-refractivity contribution in [3.8, 4) is 0 Å². The molecule has 0 spiro atoms. The number of nitrogens with zero attached hydrogens (tertiary/aromatic N) is 1. The molecule has 0 radical (unpaired) electrons. The summed E-state index contributed by atoms with van der Waals surface area (Å²) < 4.78 is 0. The van der Waals surface area contributed by atoms with E-state index in [0.29, 0.717) is 12.2 Å². The molecule has 0 fully saturated rings. The number of rotatable bonds is 4. The SMILES string of the molecule is Cc1cccnc1C(=O)NCCc1c[nH]c2ccccc12. The third-order valence-corrected chi connectivity index (χ3v) is 3.58. The summed E-state index contributed by atoms with van der Waals surface area (Å²) in [5, 5.41) is 4.14. The van der Waals surface area contributed by atoms with E-state index < -0.39 is 0 Å². The van der Waals surface area contributed by atoms with Crippen LogP contribution in [0.2, 0.25) is 0 Å². The van der Waals surface area contributed by atoms with E-state index in [-0.39, 0.29) is 5.91 Å². The summed E-state index contributed by atoms with van der Waals surface area (Å²) in [6.45, 7) is 2.48. The summed E-state index contributed by atoms with van der Waals surface area (Å²) in [5.41, 5.74) is 3.72. The summed E-state index contributed by atoms with van der Waals surface area (Å²) in [4.78, 5) is 19.4. The second-order valence-electron chi connectivity index (χ2n) is 5.03. The minimum atomic E-state index is -0.118. The largest absolute Gasteiger partial charge is 0.361 e. The van der Waals surface area contributed by atoms with Crippen LogP contribution in [0.3, 0.4) is 0 Å². The molecule has 0 aliphatic heterocycles. The zero-order valence-corrected chi connectivity index (χ0v) is 11.9. The minimum Gasteiger partial charge on any atom is -0.361 e. The number of benzene rings is 1. The fraction of sp³-hybridized carbons (Fsp3) is 0.176. The molecule has 0 saturated heterocycles. The number of H-pyrrole nitrogens is 1. The predicted molar refractivity (Wildman–Crippen MR) is 83.3 cm³/mol. The number of hydrogen-bond donors (Lipinski definition) is 2. The second-order valence-corrected chi connectivity index (χ2v) is 5.03. The van der Waals surface area contributed by atoms with Gasteiger partial charge in [0.05, 0.1) is 0 Å². The molecule has 3 aromatic rings. The molecule has 0 aliphatic carbocycles. The number of hydrogen-bond acceptors (Lipinski definition) is 2. The van der Waals surface area contributed by atoms with Crippen molar-refractivity contribution in [1.82, 2.24) is 15.3 Å². The van der Waals surface area contributed by atoms with Crippen LogP contribution < -0.4 is 5.32 Å². The molecule has 0 saturated carbocycles. The number of fused-ring (bicyclic) bond motifs is 1. The molecule has 21 heavy (non-hydrogen) atoms. The van der Waals surface area contributed by atoms with Gasteiger partial charge in [0.25, 0.3) is 5.91 Å². The number of amides is 1. The molecule has 1 aromatic carbocycles. The van der Waals surface area contributed by atoms with E-state index in [4.69, 9.17) is 0 Å². The van der Waals surface area contributed by atoms with Crippen LogP contribution in [-0.2, 0) is 6.42 Å². The van der Waals surface area contributed by atoms with Crippen molar-refractivity contribution in [2.45, 2.75) is 13.3 Å². The van der Waals surface area contributed by atoms with Crippen molar-refractivity contribution in [1.29, 1.82) is 0 Å². The van der Waals surface area contributed by atoms with E-state index in [9.17, 15) is 4.79 Å². The van der Waals surface area contributed by atoms with Crippen molar-refractivity contribution in [2.24, 2.45) is 0 Å². The van der Waals surface area contributed by atoms with Gasteiger partial charge in [0.2, 0.25) is 0 Å². The lowest BCUT2D eigenvalue weighted by molar-refractivity contribution is 0.0948. The summed E-state index contributed by atoms with van der Waals surface area (Å²) in [6, 6.07) is 11.9. The number of carbonyl (C=O) groups excluding carboxylic acids is 1. The van der Waals surface area contributed by atoms with Gasteiger partial charge in [-0.3, -0.25) is 9.78 Å². The van der Waals surface area contributed by atoms with Crippen molar-refractivity contribution in [3.05, 3.63) is 65.6 Å². The number of aromatic nitrogens is 2. The Balaban J connectivity index is 1.64. The Morgan fingerprint density at radius 1 is 1.24 bits per heavy atom. The third-order valence-electron chi connectivity index (χ3n) is 3.58. The Morgan fingerprint density at radius 3 is 2.95 bits per heavy atom. The topological polar surface area (TPSA) is 57.8 Å². The summed E-state index contributed by atoms with van der Waals surface area (Å²) in [7, 11) is 0. The molecular formula is C17H17N3O. The van der Waals surface area contributed by atoms with Gasteiger partial charge in [0, 0.05) is 29.8 Å². The van der Waals surface area contributed by atoms with Crippen LogP contribution >= 0.6 is 0 Å². The molecule has 1 amide bonds. The Bertz CT molecular complexity index is 776. The van der Waals surface area contributed by atoms with Gasteiger partial charge in [-0.2, -0.15) is 0 Å². The highest BCUT2D eigenvalue weighted by Crippen LogP contribution is 2.17. The molecule has 2 heterocycles. The van der Waals surface area contributed by atoms with Gasteiger partial charge in [0.1, 0.15) is 5.69 Å². The normalized spacial score (nSPS) is 10.7. The van der Waals surface area contributed by atoms with Crippen LogP contribution in [0.15, 0.2) is 48.8 Å². The lowest BCUT2D eigenvalue weighted by Gasteiger charge is -2.06. The van der Waals surface area contributed by atoms with E-state index in [1.165, 1.54) is 10.9 Å². The van der Waals surface area contributed by atoms with Crippen LogP contribution in [0.4, 0.5) is 0 Å². The van der Waals surface area contributed by atoms with Crippen LogP contribution in [0.1, 0.15) is 21.6 Å². The maximum absolute atomic E-state index is 12.1. The third kappa shape index (κ3) is 2.79. The smallest absolute Gasteiger partial charge is 0.270 e. The zero-order valence-electron chi connectivity index (χ0n) is 11.9. The molecule has 0 atom stereocenters. The zero-order chi connectivity index (χ0) is 14.7. The fourth-order valence-corrected chi connectivity index (χ4v) is 2.46. The molecule has 0 bridgehead atoms. The van der Waals surface area contributed by atoms with Gasteiger partial charge < -0.3 is 10.3 Å². The number of pyridine rings is 1. The van der Waals surface area contributed by atoms with E-state index in [1.807, 2.05) is 37.4 Å². The van der Waals surface area contributed by atoms with Gasteiger partial charge in [-0.25, -0.2) is 0 Å². The van der Waals surface area contributed by atoms with Crippen LogP contribution in [0.5, 0.6) is 0 Å².